The van der Waals surface area contributed by atoms with Gasteiger partial charge < -0.3 is 35.5 Å². The fraction of sp³-hybridized carbons (Fsp3) is 0.890. The van der Waals surface area contributed by atoms with Crippen LogP contribution in [-0.2, 0) is 20.6 Å². The SMILES string of the molecule is CCCCCCCCCCC(CCCCCCCC)COC(=O)NC1CC(C)(C)CC(C)(CC)C1.CCCCCCCCCCC(CCCCCCCC)COC(=O)NC1CC(C)(C)CC(C)(CNC(=O)Nc2nc(C)c(CCOC(=O)NC)c(=O)[nH]2)C1. The van der Waals surface area contributed by atoms with Crippen molar-refractivity contribution in [3.63, 3.8) is 0 Å². The Morgan fingerprint density at radius 3 is 1.27 bits per heavy atom. The molecule has 88 heavy (non-hydrogen) atoms. The molecule has 2 fully saturated rings. The van der Waals surface area contributed by atoms with Gasteiger partial charge in [-0.2, -0.15) is 0 Å². The number of carbonyl (C=O) groups is 4. The van der Waals surface area contributed by atoms with Crippen LogP contribution < -0.4 is 32.1 Å². The van der Waals surface area contributed by atoms with Crippen LogP contribution in [0.1, 0.15) is 338 Å². The number of hydrogen-bond acceptors (Lipinski definition) is 9. The lowest BCUT2D eigenvalue weighted by Crippen LogP contribution is -2.51. The predicted octanol–water partition coefficient (Wildman–Crippen LogP) is 19.9. The molecule has 6 N–H and O–H groups in total. The Morgan fingerprint density at radius 1 is 0.523 bits per heavy atom. The van der Waals surface area contributed by atoms with Gasteiger partial charge in [0.25, 0.3) is 5.56 Å². The highest BCUT2D eigenvalue weighted by atomic mass is 16.6. The zero-order valence-corrected chi connectivity index (χ0v) is 59.1. The fourth-order valence-electron chi connectivity index (χ4n) is 14.6. The Labute approximate surface area is 538 Å². The number of aromatic amines is 1. The number of nitrogens with one attached hydrogen (secondary N) is 6. The third-order valence-corrected chi connectivity index (χ3v) is 19.1. The maximum Gasteiger partial charge on any atom is 0.407 e. The van der Waals surface area contributed by atoms with E-state index in [1.165, 1.54) is 213 Å². The normalized spacial score (nSPS) is 20.1. The number of carbonyl (C=O) groups excluding carboxylic acids is 4. The van der Waals surface area contributed by atoms with E-state index in [0.717, 1.165) is 38.5 Å². The zero-order chi connectivity index (χ0) is 65.1. The Kier molecular flexibility index (Phi) is 41.9. The summed E-state index contributed by atoms with van der Waals surface area (Å²) in [5, 5.41) is 14.4. The number of urea groups is 1. The molecule has 5 amide bonds. The summed E-state index contributed by atoms with van der Waals surface area (Å²) in [6.45, 7) is 28.1. The quantitative estimate of drug-likeness (QED) is 0.0271. The average molecular weight is 1240 g/mol. The van der Waals surface area contributed by atoms with Crippen LogP contribution in [-0.4, -0.2) is 79.8 Å². The smallest absolute Gasteiger partial charge is 0.407 e. The molecule has 0 aliphatic heterocycles. The fourth-order valence-corrected chi connectivity index (χ4v) is 14.6. The largest absolute Gasteiger partial charge is 0.449 e. The first-order valence-corrected chi connectivity index (χ1v) is 36.4. The summed E-state index contributed by atoms with van der Waals surface area (Å²) >= 11 is 0. The first-order chi connectivity index (χ1) is 42.0. The summed E-state index contributed by atoms with van der Waals surface area (Å²) in [6.07, 6.45) is 47.5. The topological polar surface area (TPSA) is 202 Å². The van der Waals surface area contributed by atoms with Crippen molar-refractivity contribution in [2.24, 2.45) is 33.5 Å². The molecule has 6 atom stereocenters. The maximum atomic E-state index is 13.2. The molecule has 0 radical (unpaired) electrons. The Balaban J connectivity index is 0.000000654. The van der Waals surface area contributed by atoms with Crippen LogP contribution in [0.15, 0.2) is 4.79 Å². The van der Waals surface area contributed by atoms with Crippen LogP contribution in [0.4, 0.5) is 25.1 Å². The second-order valence-electron chi connectivity index (χ2n) is 29.6. The average Bonchev–Trinajstić information content (AvgIpc) is 1.22. The van der Waals surface area contributed by atoms with Gasteiger partial charge in [-0.05, 0) is 105 Å². The molecule has 15 nitrogen and oxygen atoms in total. The van der Waals surface area contributed by atoms with Gasteiger partial charge in [0.2, 0.25) is 5.95 Å². The highest BCUT2D eigenvalue weighted by Crippen LogP contribution is 2.48. The number of anilines is 1. The second-order valence-corrected chi connectivity index (χ2v) is 29.6. The molecule has 0 spiro atoms. The van der Waals surface area contributed by atoms with E-state index >= 15 is 0 Å². The number of aromatic nitrogens is 2. The van der Waals surface area contributed by atoms with Crippen molar-refractivity contribution in [2.75, 3.05) is 38.7 Å². The van der Waals surface area contributed by atoms with E-state index in [0.29, 0.717) is 54.7 Å². The van der Waals surface area contributed by atoms with Crippen molar-refractivity contribution < 1.29 is 33.4 Å². The van der Waals surface area contributed by atoms with Gasteiger partial charge in [-0.3, -0.25) is 15.1 Å². The van der Waals surface area contributed by atoms with Crippen LogP contribution in [0.2, 0.25) is 0 Å². The van der Waals surface area contributed by atoms with Gasteiger partial charge in [-0.15, -0.1) is 0 Å². The van der Waals surface area contributed by atoms with Crippen LogP contribution in [0, 0.1) is 40.4 Å². The highest BCUT2D eigenvalue weighted by molar-refractivity contribution is 5.87. The van der Waals surface area contributed by atoms with Crippen LogP contribution in [0.5, 0.6) is 0 Å². The van der Waals surface area contributed by atoms with E-state index in [9.17, 15) is 24.0 Å². The summed E-state index contributed by atoms with van der Waals surface area (Å²) in [7, 11) is 1.46. The molecule has 15 heteroatoms. The zero-order valence-electron chi connectivity index (χ0n) is 59.1. The van der Waals surface area contributed by atoms with Crippen LogP contribution in [0.25, 0.3) is 0 Å². The molecular formula is C73H137N7O8. The van der Waals surface area contributed by atoms with Gasteiger partial charge in [0.15, 0.2) is 0 Å². The summed E-state index contributed by atoms with van der Waals surface area (Å²) < 4.78 is 16.7. The number of aryl methyl sites for hydroxylation is 1. The van der Waals surface area contributed by atoms with Crippen molar-refractivity contribution in [3.05, 3.63) is 21.6 Å². The van der Waals surface area contributed by atoms with Gasteiger partial charge in [0.1, 0.15) is 0 Å². The molecule has 1 aromatic heterocycles. The number of rotatable bonds is 45. The summed E-state index contributed by atoms with van der Waals surface area (Å²) in [4.78, 5) is 69.7. The van der Waals surface area contributed by atoms with Crippen molar-refractivity contribution >= 4 is 30.3 Å². The van der Waals surface area contributed by atoms with Gasteiger partial charge in [0.05, 0.1) is 25.5 Å². The molecule has 1 heterocycles. The van der Waals surface area contributed by atoms with Gasteiger partial charge in [-0.1, -0.05) is 262 Å². The minimum Gasteiger partial charge on any atom is -0.449 e. The molecular weight excluding hydrogens is 1100 g/mol. The molecule has 1 aromatic rings. The van der Waals surface area contributed by atoms with Gasteiger partial charge in [-0.25, -0.2) is 24.2 Å². The van der Waals surface area contributed by atoms with Crippen molar-refractivity contribution in [3.8, 4) is 0 Å². The van der Waals surface area contributed by atoms with Crippen molar-refractivity contribution in [1.82, 2.24) is 31.2 Å². The molecule has 0 bridgehead atoms. The summed E-state index contributed by atoms with van der Waals surface area (Å²) in [5.74, 6) is 0.959. The first-order valence-electron chi connectivity index (χ1n) is 36.4. The molecule has 512 valence electrons. The first kappa shape index (κ1) is 80.1. The number of unbranched alkanes of at least 4 members (excludes halogenated alkanes) is 24. The molecule has 2 aliphatic rings. The number of alkyl carbamates (subject to hydrolysis) is 3. The molecule has 2 aliphatic carbocycles. The van der Waals surface area contributed by atoms with E-state index in [4.69, 9.17) is 14.2 Å². The van der Waals surface area contributed by atoms with E-state index in [1.807, 2.05) is 0 Å². The molecule has 3 rings (SSSR count). The lowest BCUT2D eigenvalue weighted by atomic mass is 9.62. The lowest BCUT2D eigenvalue weighted by Gasteiger charge is -2.46. The lowest BCUT2D eigenvalue weighted by molar-refractivity contribution is 0.0598. The van der Waals surface area contributed by atoms with Crippen molar-refractivity contribution in [1.29, 1.82) is 0 Å². The van der Waals surface area contributed by atoms with E-state index in [-0.39, 0.29) is 59.5 Å². The van der Waals surface area contributed by atoms with E-state index in [2.05, 4.69) is 113 Å². The standard InChI is InChI=1S/C41H74N6O6.C32H63NO2/c1-8-10-12-14-16-17-19-21-23-32(22-20-18-15-13-11-9-2)28-53-39(51)45-33-26-40(4,5)29-41(6,27-33)30-43-37(49)47-36-44-31(3)34(35(48)46-36)24-25-52-38(50)42-7;1-7-10-12-14-16-17-19-21-23-28(22-20-18-15-13-11-8-2)26-35-30(34)33-29-24-31(4,5)27-32(6,9-3)25-29/h32-33H,8-30H2,1-7H3,(H,42,50)(H,45,51)(H3,43,44,46,47,48,49);28-29H,7-27H2,1-6H3,(H,33,34). The van der Waals surface area contributed by atoms with Gasteiger partial charge >= 0.3 is 24.3 Å². The minimum atomic E-state index is -0.578. The minimum absolute atomic E-state index is 0.0279. The molecule has 0 saturated heterocycles. The number of nitrogens with zero attached hydrogens (tertiary/aromatic N) is 1. The number of H-pyrrole nitrogens is 1. The van der Waals surface area contributed by atoms with E-state index in [1.54, 1.807) is 6.92 Å². The Hall–Kier alpha value is -4.04. The summed E-state index contributed by atoms with van der Waals surface area (Å²) in [6, 6.07) is -0.322. The van der Waals surface area contributed by atoms with Crippen molar-refractivity contribution in [2.45, 2.75) is 352 Å². The van der Waals surface area contributed by atoms with Crippen LogP contribution in [0.3, 0.4) is 0 Å². The van der Waals surface area contributed by atoms with Gasteiger partial charge in [0, 0.05) is 37.7 Å². The number of amides is 5. The number of ether oxygens (including phenoxy) is 3. The molecule has 0 aromatic carbocycles. The predicted molar refractivity (Wildman–Crippen MR) is 366 cm³/mol. The van der Waals surface area contributed by atoms with Crippen LogP contribution >= 0.6 is 0 Å². The highest BCUT2D eigenvalue weighted by Gasteiger charge is 2.43. The molecule has 2 saturated carbocycles. The van der Waals surface area contributed by atoms with E-state index < -0.39 is 17.7 Å². The second kappa shape index (κ2) is 46.1. The maximum absolute atomic E-state index is 13.2. The summed E-state index contributed by atoms with van der Waals surface area (Å²) in [5.41, 5.74) is 0.672. The molecule has 6 unspecified atom stereocenters. The monoisotopic (exact) mass is 1240 g/mol. The third-order valence-electron chi connectivity index (χ3n) is 19.1. The Bertz CT molecular complexity index is 2080. The number of hydrogen-bond donors (Lipinski definition) is 6. The third kappa shape index (κ3) is 38.0. The Morgan fingerprint density at radius 2 is 0.898 bits per heavy atom.